The van der Waals surface area contributed by atoms with Crippen LogP contribution in [0, 0.1) is 0 Å². The normalized spacial score (nSPS) is 13.3. The summed E-state index contributed by atoms with van der Waals surface area (Å²) in [7, 11) is -3.18. The van der Waals surface area contributed by atoms with Crippen LogP contribution in [-0.2, 0) is 16.3 Å². The topological polar surface area (TPSA) is 59.1 Å². The van der Waals surface area contributed by atoms with Crippen LogP contribution in [0.5, 0.6) is 0 Å². The molecule has 2 rings (SSSR count). The molecule has 0 aliphatic rings. The molecule has 1 atom stereocenters. The molecular weight excluding hydrogens is 292 g/mol. The number of thiazole rings is 1. The highest BCUT2D eigenvalue weighted by Gasteiger charge is 2.15. The van der Waals surface area contributed by atoms with Crippen LogP contribution in [0.1, 0.15) is 23.5 Å². The lowest BCUT2D eigenvalue weighted by Gasteiger charge is -2.17. The predicted octanol–water partition coefficient (Wildman–Crippen LogP) is 2.44. The van der Waals surface area contributed by atoms with Gasteiger partial charge in [0, 0.05) is 30.3 Å². The molecule has 0 fully saturated rings. The van der Waals surface area contributed by atoms with E-state index in [2.05, 4.69) is 10.3 Å². The molecule has 1 heterocycles. The quantitative estimate of drug-likeness (QED) is 0.890. The molecule has 0 saturated carbocycles. The summed E-state index contributed by atoms with van der Waals surface area (Å²) in [5, 5.41) is 6.38. The summed E-state index contributed by atoms with van der Waals surface area (Å²) in [6, 6.07) is 7.20. The molecule has 0 amide bonds. The minimum absolute atomic E-state index is 0.0767. The van der Waals surface area contributed by atoms with Crippen molar-refractivity contribution in [2.75, 3.05) is 12.8 Å². The first-order chi connectivity index (χ1) is 9.50. The summed E-state index contributed by atoms with van der Waals surface area (Å²) in [5.74, 6) is 0. The molecule has 2 aromatic rings. The molecule has 4 nitrogen and oxygen atoms in total. The molecule has 20 heavy (non-hydrogen) atoms. The summed E-state index contributed by atoms with van der Waals surface area (Å²) in [5.41, 5.74) is 0.977. The maximum Gasteiger partial charge on any atom is 0.175 e. The second-order valence-corrected chi connectivity index (χ2v) is 7.58. The van der Waals surface area contributed by atoms with Gasteiger partial charge in [-0.15, -0.1) is 11.3 Å². The van der Waals surface area contributed by atoms with E-state index in [0.717, 1.165) is 23.5 Å². The SMILES string of the molecule is CCNC(Cc1nccs1)c1cccc(S(C)(=O)=O)c1. The van der Waals surface area contributed by atoms with Gasteiger partial charge in [0.05, 0.1) is 9.90 Å². The minimum Gasteiger partial charge on any atom is -0.310 e. The molecular formula is C14H18N2O2S2. The van der Waals surface area contributed by atoms with E-state index in [4.69, 9.17) is 0 Å². The Hall–Kier alpha value is -1.24. The van der Waals surface area contributed by atoms with Crippen LogP contribution in [-0.4, -0.2) is 26.2 Å². The van der Waals surface area contributed by atoms with E-state index in [-0.39, 0.29) is 6.04 Å². The standard InChI is InChI=1S/C14H18N2O2S2/c1-3-15-13(10-14-16-7-8-19-14)11-5-4-6-12(9-11)20(2,17)18/h4-9,13,15H,3,10H2,1-2H3. The zero-order valence-corrected chi connectivity index (χ0v) is 13.2. The monoisotopic (exact) mass is 310 g/mol. The van der Waals surface area contributed by atoms with Gasteiger partial charge in [0.2, 0.25) is 0 Å². The van der Waals surface area contributed by atoms with Crippen LogP contribution in [0.3, 0.4) is 0 Å². The highest BCUT2D eigenvalue weighted by atomic mass is 32.2. The molecule has 1 N–H and O–H groups in total. The van der Waals surface area contributed by atoms with Crippen LogP contribution in [0.2, 0.25) is 0 Å². The van der Waals surface area contributed by atoms with E-state index in [9.17, 15) is 8.42 Å². The van der Waals surface area contributed by atoms with E-state index in [1.54, 1.807) is 35.7 Å². The third-order valence-electron chi connectivity index (χ3n) is 3.00. The molecule has 0 radical (unpaired) electrons. The molecule has 6 heteroatoms. The molecule has 0 spiro atoms. The fourth-order valence-electron chi connectivity index (χ4n) is 2.04. The Morgan fingerprint density at radius 3 is 2.80 bits per heavy atom. The number of benzene rings is 1. The predicted molar refractivity (Wildman–Crippen MR) is 81.8 cm³/mol. The van der Waals surface area contributed by atoms with Gasteiger partial charge in [0.25, 0.3) is 0 Å². The Labute approximate surface area is 123 Å². The van der Waals surface area contributed by atoms with Crippen molar-refractivity contribution in [1.82, 2.24) is 10.3 Å². The fourth-order valence-corrected chi connectivity index (χ4v) is 3.38. The third kappa shape index (κ3) is 3.88. The number of nitrogens with zero attached hydrogens (tertiary/aromatic N) is 1. The van der Waals surface area contributed by atoms with Crippen LogP contribution >= 0.6 is 11.3 Å². The fraction of sp³-hybridized carbons (Fsp3) is 0.357. The Morgan fingerprint density at radius 2 is 2.20 bits per heavy atom. The Bertz CT molecular complexity index is 652. The molecule has 1 unspecified atom stereocenters. The number of aromatic nitrogens is 1. The van der Waals surface area contributed by atoms with Crippen molar-refractivity contribution >= 4 is 21.2 Å². The number of hydrogen-bond donors (Lipinski definition) is 1. The molecule has 0 bridgehead atoms. The van der Waals surface area contributed by atoms with Gasteiger partial charge in [-0.3, -0.25) is 0 Å². The average molecular weight is 310 g/mol. The number of likely N-dealkylation sites (N-methyl/N-ethyl adjacent to an activating group) is 1. The largest absolute Gasteiger partial charge is 0.310 e. The summed E-state index contributed by atoms with van der Waals surface area (Å²) >= 11 is 1.61. The van der Waals surface area contributed by atoms with Crippen LogP contribution in [0.4, 0.5) is 0 Å². The van der Waals surface area contributed by atoms with Gasteiger partial charge in [0.1, 0.15) is 0 Å². The summed E-state index contributed by atoms with van der Waals surface area (Å²) in [6.07, 6.45) is 3.78. The highest BCUT2D eigenvalue weighted by molar-refractivity contribution is 7.90. The first-order valence-corrected chi connectivity index (χ1v) is 9.19. The molecule has 1 aromatic heterocycles. The van der Waals surface area contributed by atoms with Gasteiger partial charge in [-0.25, -0.2) is 13.4 Å². The highest BCUT2D eigenvalue weighted by Crippen LogP contribution is 2.22. The summed E-state index contributed by atoms with van der Waals surface area (Å²) < 4.78 is 23.3. The van der Waals surface area contributed by atoms with E-state index in [1.165, 1.54) is 6.26 Å². The number of rotatable bonds is 6. The van der Waals surface area contributed by atoms with Crippen molar-refractivity contribution in [3.8, 4) is 0 Å². The molecule has 0 saturated heterocycles. The van der Waals surface area contributed by atoms with Gasteiger partial charge in [-0.1, -0.05) is 19.1 Å². The number of nitrogens with one attached hydrogen (secondary N) is 1. The zero-order valence-electron chi connectivity index (χ0n) is 11.5. The molecule has 108 valence electrons. The van der Waals surface area contributed by atoms with Gasteiger partial charge < -0.3 is 5.32 Å². The van der Waals surface area contributed by atoms with Gasteiger partial charge in [-0.2, -0.15) is 0 Å². The Kier molecular flexibility index (Phi) is 4.91. The number of hydrogen-bond acceptors (Lipinski definition) is 5. The second-order valence-electron chi connectivity index (χ2n) is 4.58. The van der Waals surface area contributed by atoms with Gasteiger partial charge in [-0.05, 0) is 24.2 Å². The lowest BCUT2D eigenvalue weighted by molar-refractivity contribution is 0.547. The Balaban J connectivity index is 2.29. The van der Waals surface area contributed by atoms with Crippen molar-refractivity contribution in [2.24, 2.45) is 0 Å². The first kappa shape index (κ1) is 15.2. The molecule has 0 aliphatic carbocycles. The lowest BCUT2D eigenvalue weighted by atomic mass is 10.0. The maximum atomic E-state index is 11.7. The van der Waals surface area contributed by atoms with E-state index in [1.807, 2.05) is 18.4 Å². The van der Waals surface area contributed by atoms with Crippen LogP contribution in [0.25, 0.3) is 0 Å². The molecule has 1 aromatic carbocycles. The maximum absolute atomic E-state index is 11.7. The smallest absolute Gasteiger partial charge is 0.175 e. The van der Waals surface area contributed by atoms with Crippen molar-refractivity contribution in [1.29, 1.82) is 0 Å². The number of sulfone groups is 1. The summed E-state index contributed by atoms with van der Waals surface area (Å²) in [4.78, 5) is 4.65. The Morgan fingerprint density at radius 1 is 1.40 bits per heavy atom. The zero-order chi connectivity index (χ0) is 14.6. The third-order valence-corrected chi connectivity index (χ3v) is 4.91. The lowest BCUT2D eigenvalue weighted by Crippen LogP contribution is -2.23. The van der Waals surface area contributed by atoms with Crippen LogP contribution < -0.4 is 5.32 Å². The van der Waals surface area contributed by atoms with Gasteiger partial charge >= 0.3 is 0 Å². The second kappa shape index (κ2) is 6.47. The summed E-state index contributed by atoms with van der Waals surface area (Å²) in [6.45, 7) is 2.86. The minimum atomic E-state index is -3.18. The van der Waals surface area contributed by atoms with Crippen molar-refractivity contribution in [2.45, 2.75) is 24.3 Å². The molecule has 0 aliphatic heterocycles. The van der Waals surface area contributed by atoms with Gasteiger partial charge in [0.15, 0.2) is 9.84 Å². The first-order valence-electron chi connectivity index (χ1n) is 6.42. The average Bonchev–Trinajstić information content (AvgIpc) is 2.90. The van der Waals surface area contributed by atoms with Crippen molar-refractivity contribution in [3.05, 3.63) is 46.4 Å². The van der Waals surface area contributed by atoms with Crippen molar-refractivity contribution < 1.29 is 8.42 Å². The van der Waals surface area contributed by atoms with Crippen LogP contribution in [0.15, 0.2) is 40.7 Å². The van der Waals surface area contributed by atoms with E-state index >= 15 is 0 Å². The van der Waals surface area contributed by atoms with E-state index < -0.39 is 9.84 Å². The van der Waals surface area contributed by atoms with Crippen molar-refractivity contribution in [3.63, 3.8) is 0 Å². The van der Waals surface area contributed by atoms with E-state index in [0.29, 0.717) is 4.90 Å².